The van der Waals surface area contributed by atoms with Crippen LogP contribution in [0.1, 0.15) is 91.4 Å². The van der Waals surface area contributed by atoms with Crippen LogP contribution < -0.4 is 0 Å². The standard InChI is InChI=1S/C47H60O10Si/c1-27(2)35-22-32-23-44(25-48)34-21-20-28(3)33(34)24-45(32,46(35,44)42(50)54-36(30-16-12-10-13-17-30)31-18-14-11-15-19-31)26-51-47-40(57-58(8,9)43(5,6)7)38-37(52-29(4)49)39(55-47)41(53-38)56-47/h10-19,22,25,27-28,32-34,36-41H,20-21,23-24,26H2,1-9H3. The Kier molecular flexibility index (Phi) is 9.47. The van der Waals surface area contributed by atoms with Gasteiger partial charge in [-0.25, -0.2) is 0 Å². The molecule has 13 unspecified atom stereocenters. The molecule has 0 radical (unpaired) electrons. The second kappa shape index (κ2) is 13.7. The quantitative estimate of drug-likeness (QED) is 0.0898. The lowest BCUT2D eigenvalue weighted by Gasteiger charge is -2.59. The summed E-state index contributed by atoms with van der Waals surface area (Å²) < 4.78 is 47.0. The average Bonchev–Trinajstić information content (AvgIpc) is 3.91. The fraction of sp³-hybridized carbons (Fsp3) is 0.638. The third-order valence-corrected chi connectivity index (χ3v) is 20.5. The molecule has 10 nitrogen and oxygen atoms in total. The molecule has 8 aliphatic rings. The maximum Gasteiger partial charge on any atom is 0.318 e. The van der Waals surface area contributed by atoms with Crippen molar-refractivity contribution in [2.24, 2.45) is 45.8 Å². The third-order valence-electron chi connectivity index (χ3n) is 16.0. The molecule has 0 aromatic heterocycles. The Hall–Kier alpha value is -3.19. The number of rotatable bonds is 12. The molecule has 2 aromatic rings. The van der Waals surface area contributed by atoms with Crippen LogP contribution in [0.4, 0.5) is 0 Å². The lowest BCUT2D eigenvalue weighted by atomic mass is 9.43. The molecule has 312 valence electrons. The van der Waals surface area contributed by atoms with E-state index < -0.39 is 73.3 Å². The highest BCUT2D eigenvalue weighted by Crippen LogP contribution is 2.83. The van der Waals surface area contributed by atoms with E-state index in [4.69, 9.17) is 32.8 Å². The first kappa shape index (κ1) is 40.2. The fourth-order valence-electron chi connectivity index (χ4n) is 12.6. The third kappa shape index (κ3) is 5.41. The predicted octanol–water partition coefficient (Wildman–Crippen LogP) is 8.31. The molecule has 4 aliphatic carbocycles. The van der Waals surface area contributed by atoms with E-state index in [0.717, 1.165) is 35.8 Å². The molecule has 4 saturated heterocycles. The van der Waals surface area contributed by atoms with Crippen LogP contribution in [-0.2, 0) is 47.2 Å². The Morgan fingerprint density at radius 2 is 1.60 bits per heavy atom. The van der Waals surface area contributed by atoms with Gasteiger partial charge in [-0.2, -0.15) is 0 Å². The Morgan fingerprint density at radius 3 is 2.19 bits per heavy atom. The minimum absolute atomic E-state index is 0.0245. The number of benzene rings is 2. The summed E-state index contributed by atoms with van der Waals surface area (Å²) in [6, 6.07) is 19.7. The van der Waals surface area contributed by atoms with Crippen molar-refractivity contribution >= 4 is 26.5 Å². The minimum atomic E-state index is -2.54. The van der Waals surface area contributed by atoms with Gasteiger partial charge in [-0.3, -0.25) is 14.3 Å². The van der Waals surface area contributed by atoms with Gasteiger partial charge >= 0.3 is 17.9 Å². The lowest BCUT2D eigenvalue weighted by Crippen LogP contribution is -2.68. The van der Waals surface area contributed by atoms with Gasteiger partial charge in [0.1, 0.15) is 17.8 Å². The number of ether oxygens (including phenoxy) is 6. The van der Waals surface area contributed by atoms with Crippen molar-refractivity contribution in [2.75, 3.05) is 6.61 Å². The van der Waals surface area contributed by atoms with Crippen LogP contribution in [0.2, 0.25) is 18.1 Å². The van der Waals surface area contributed by atoms with E-state index in [0.29, 0.717) is 18.8 Å². The first-order valence-electron chi connectivity index (χ1n) is 21.4. The smallest absolute Gasteiger partial charge is 0.318 e. The molecule has 0 spiro atoms. The molecule has 0 N–H and O–H groups in total. The minimum Gasteiger partial charge on any atom is -0.457 e. The number of carbonyl (C=O) groups excluding carboxylic acids is 3. The normalized spacial score (nSPS) is 40.6. The maximum absolute atomic E-state index is 16.1. The molecule has 10 rings (SSSR count). The van der Waals surface area contributed by atoms with Gasteiger partial charge in [-0.1, -0.05) is 120 Å². The summed E-state index contributed by atoms with van der Waals surface area (Å²) in [5, 5.41) is -0.189. The number of hydrogen-bond acceptors (Lipinski definition) is 10. The molecule has 11 heteroatoms. The lowest BCUT2D eigenvalue weighted by molar-refractivity contribution is -0.444. The van der Waals surface area contributed by atoms with Gasteiger partial charge in [0.25, 0.3) is 0 Å². The molecular formula is C47H60O10Si. The SMILES string of the molecule is CC(=O)OC1C2OC3(OCC45CC6C(C)CCC6C6(C=O)CC4C=C(C(C)C)C65C(=O)OC(c4ccccc4)c4ccccc4)OC2OC1C3O[Si](C)(C)C(C)(C)C. The largest absolute Gasteiger partial charge is 0.457 e. The van der Waals surface area contributed by atoms with Crippen molar-refractivity contribution in [3.63, 3.8) is 0 Å². The Bertz CT molecular complexity index is 1940. The highest BCUT2D eigenvalue weighted by Gasteiger charge is 2.85. The van der Waals surface area contributed by atoms with E-state index in [1.54, 1.807) is 0 Å². The van der Waals surface area contributed by atoms with Gasteiger partial charge in [0.15, 0.2) is 39.0 Å². The highest BCUT2D eigenvalue weighted by atomic mass is 28.4. The first-order chi connectivity index (χ1) is 27.4. The van der Waals surface area contributed by atoms with E-state index in [1.807, 2.05) is 60.7 Å². The van der Waals surface area contributed by atoms with Gasteiger partial charge < -0.3 is 32.9 Å². The van der Waals surface area contributed by atoms with E-state index in [9.17, 15) is 9.59 Å². The van der Waals surface area contributed by atoms with E-state index in [-0.39, 0.29) is 41.3 Å². The highest BCUT2D eigenvalue weighted by molar-refractivity contribution is 6.74. The van der Waals surface area contributed by atoms with Crippen LogP contribution in [0.15, 0.2) is 72.3 Å². The van der Waals surface area contributed by atoms with Crippen LogP contribution in [0.25, 0.3) is 0 Å². The summed E-state index contributed by atoms with van der Waals surface area (Å²) in [6.45, 7) is 18.8. The van der Waals surface area contributed by atoms with Crippen LogP contribution >= 0.6 is 0 Å². The fourth-order valence-corrected chi connectivity index (χ4v) is 13.8. The zero-order valence-corrected chi connectivity index (χ0v) is 36.4. The predicted molar refractivity (Wildman–Crippen MR) is 216 cm³/mol. The molecule has 4 aliphatic heterocycles. The number of aldehydes is 1. The summed E-state index contributed by atoms with van der Waals surface area (Å²) in [6.07, 6.45) is 2.01. The molecule has 7 fully saturated rings. The molecule has 8 bridgehead atoms. The second-order valence-electron chi connectivity index (χ2n) is 20.2. The van der Waals surface area contributed by atoms with Crippen LogP contribution in [0, 0.1) is 45.8 Å². The van der Waals surface area contributed by atoms with Crippen LogP contribution in [-0.4, -0.2) is 69.8 Å². The van der Waals surface area contributed by atoms with Crippen LogP contribution in [0.3, 0.4) is 0 Å². The van der Waals surface area contributed by atoms with Gasteiger partial charge in [-0.15, -0.1) is 0 Å². The van der Waals surface area contributed by atoms with Crippen molar-refractivity contribution in [2.45, 2.75) is 135 Å². The Balaban J connectivity index is 1.17. The van der Waals surface area contributed by atoms with Gasteiger partial charge in [0.05, 0.1) is 12.0 Å². The number of esters is 2. The number of hydrogen-bond donors (Lipinski definition) is 0. The van der Waals surface area contributed by atoms with Crippen molar-refractivity contribution in [1.82, 2.24) is 0 Å². The molecule has 0 amide bonds. The van der Waals surface area contributed by atoms with Gasteiger partial charge in [0.2, 0.25) is 0 Å². The summed E-state index contributed by atoms with van der Waals surface area (Å²) in [4.78, 5) is 42.8. The zero-order chi connectivity index (χ0) is 41.2. The molecule has 3 saturated carbocycles. The number of allylic oxidation sites excluding steroid dienone is 1. The van der Waals surface area contributed by atoms with Gasteiger partial charge in [0, 0.05) is 12.3 Å². The van der Waals surface area contributed by atoms with E-state index in [2.05, 4.69) is 60.7 Å². The summed E-state index contributed by atoms with van der Waals surface area (Å²) in [7, 11) is -2.54. The van der Waals surface area contributed by atoms with Crippen molar-refractivity contribution in [1.29, 1.82) is 0 Å². The molecule has 2 aromatic carbocycles. The van der Waals surface area contributed by atoms with Crippen molar-refractivity contribution in [3.8, 4) is 0 Å². The van der Waals surface area contributed by atoms with Crippen molar-refractivity contribution < 1.29 is 47.2 Å². The zero-order valence-electron chi connectivity index (χ0n) is 35.4. The Morgan fingerprint density at radius 1 is 0.948 bits per heavy atom. The molecule has 58 heavy (non-hydrogen) atoms. The van der Waals surface area contributed by atoms with Crippen molar-refractivity contribution in [3.05, 3.63) is 83.4 Å². The average molecular weight is 813 g/mol. The van der Waals surface area contributed by atoms with E-state index >= 15 is 4.79 Å². The second-order valence-corrected chi connectivity index (χ2v) is 25.0. The topological polar surface area (TPSA) is 116 Å². The monoisotopic (exact) mass is 812 g/mol. The van der Waals surface area contributed by atoms with Gasteiger partial charge in [-0.05, 0) is 78.1 Å². The molecule has 13 atom stereocenters. The summed E-state index contributed by atoms with van der Waals surface area (Å²) in [5.41, 5.74) is -0.490. The molecule has 4 heterocycles. The molecular weight excluding hydrogens is 753 g/mol. The maximum atomic E-state index is 16.1. The summed E-state index contributed by atoms with van der Waals surface area (Å²) >= 11 is 0. The number of fused-ring (bicyclic) bond motifs is 2. The Labute approximate surface area is 343 Å². The number of carbonyl (C=O) groups is 3. The summed E-state index contributed by atoms with van der Waals surface area (Å²) in [5.74, 6) is -2.08. The van der Waals surface area contributed by atoms with E-state index in [1.165, 1.54) is 6.92 Å². The van der Waals surface area contributed by atoms with Crippen LogP contribution in [0.5, 0.6) is 0 Å². The first-order valence-corrected chi connectivity index (χ1v) is 24.4.